The van der Waals surface area contributed by atoms with E-state index in [1.807, 2.05) is 0 Å². The molecule has 0 unspecified atom stereocenters. The van der Waals surface area contributed by atoms with Crippen molar-refractivity contribution in [3.05, 3.63) is 6.92 Å². The van der Waals surface area contributed by atoms with Crippen molar-refractivity contribution >= 4 is 0 Å². The predicted molar refractivity (Wildman–Crippen MR) is 41.9 cm³/mol. The molecule has 0 aliphatic carbocycles. The zero-order valence-corrected chi connectivity index (χ0v) is 6.77. The zero-order valence-electron chi connectivity index (χ0n) is 6.77. The highest BCUT2D eigenvalue weighted by Crippen LogP contribution is 1.89. The van der Waals surface area contributed by atoms with Crippen molar-refractivity contribution in [3.8, 4) is 0 Å². The maximum atomic E-state index is 5.26. The predicted octanol–water partition coefficient (Wildman–Crippen LogP) is 1.65. The Labute approximate surface area is 63.5 Å². The van der Waals surface area contributed by atoms with Crippen LogP contribution >= 0.6 is 0 Å². The van der Waals surface area contributed by atoms with Gasteiger partial charge in [-0.05, 0) is 12.8 Å². The summed E-state index contributed by atoms with van der Waals surface area (Å²) in [5.41, 5.74) is 0. The number of hydrogen-bond donors (Lipinski definition) is 0. The molecule has 10 heavy (non-hydrogen) atoms. The molecule has 0 amide bonds. The summed E-state index contributed by atoms with van der Waals surface area (Å²) in [6.45, 7) is 6.16. The molecular formula is C8H17O2. The molecule has 0 aromatic rings. The third kappa shape index (κ3) is 7.92. The maximum absolute atomic E-state index is 5.26. The molecule has 0 bridgehead atoms. The van der Waals surface area contributed by atoms with E-state index in [2.05, 4.69) is 6.92 Å². The van der Waals surface area contributed by atoms with Crippen molar-refractivity contribution in [1.29, 1.82) is 0 Å². The van der Waals surface area contributed by atoms with Crippen LogP contribution in [0.1, 0.15) is 19.3 Å². The van der Waals surface area contributed by atoms with Crippen molar-refractivity contribution < 1.29 is 9.47 Å². The van der Waals surface area contributed by atoms with Gasteiger partial charge in [0.15, 0.2) is 0 Å². The first-order valence-electron chi connectivity index (χ1n) is 3.77. The average molecular weight is 145 g/mol. The third-order valence-corrected chi connectivity index (χ3v) is 1.18. The molecule has 2 heteroatoms. The van der Waals surface area contributed by atoms with Crippen LogP contribution in [0.2, 0.25) is 0 Å². The van der Waals surface area contributed by atoms with Gasteiger partial charge in [0.1, 0.15) is 0 Å². The Morgan fingerprint density at radius 3 is 2.40 bits per heavy atom. The molecule has 0 aliphatic heterocycles. The summed E-state index contributed by atoms with van der Waals surface area (Å²) >= 11 is 0. The van der Waals surface area contributed by atoms with Crippen LogP contribution in [-0.4, -0.2) is 26.9 Å². The van der Waals surface area contributed by atoms with E-state index in [4.69, 9.17) is 9.47 Å². The lowest BCUT2D eigenvalue weighted by atomic mass is 10.4. The largest absolute Gasteiger partial charge is 0.385 e. The van der Waals surface area contributed by atoms with Crippen LogP contribution in [0.4, 0.5) is 0 Å². The first-order chi connectivity index (χ1) is 4.91. The lowest BCUT2D eigenvalue weighted by Gasteiger charge is -2.01. The van der Waals surface area contributed by atoms with Crippen LogP contribution in [0.25, 0.3) is 0 Å². The molecule has 0 rings (SSSR count). The molecule has 0 saturated carbocycles. The van der Waals surface area contributed by atoms with Crippen molar-refractivity contribution in [2.45, 2.75) is 19.3 Å². The number of rotatable bonds is 7. The minimum atomic E-state index is 0.796. The molecule has 2 nitrogen and oxygen atoms in total. The fourth-order valence-corrected chi connectivity index (χ4v) is 0.612. The number of ether oxygens (including phenoxy) is 2. The molecule has 0 fully saturated rings. The highest BCUT2D eigenvalue weighted by atomic mass is 16.5. The van der Waals surface area contributed by atoms with Crippen molar-refractivity contribution in [3.63, 3.8) is 0 Å². The Morgan fingerprint density at radius 2 is 1.80 bits per heavy atom. The molecule has 0 spiro atoms. The molecule has 1 radical (unpaired) electrons. The lowest BCUT2D eigenvalue weighted by Crippen LogP contribution is -1.99. The molecule has 0 aromatic heterocycles. The summed E-state index contributed by atoms with van der Waals surface area (Å²) in [6.07, 6.45) is 3.02. The molecule has 0 atom stereocenters. The van der Waals surface area contributed by atoms with Gasteiger partial charge in [0, 0.05) is 26.9 Å². The first kappa shape index (κ1) is 9.92. The van der Waals surface area contributed by atoms with E-state index in [1.165, 1.54) is 0 Å². The van der Waals surface area contributed by atoms with Gasteiger partial charge in [0.25, 0.3) is 0 Å². The van der Waals surface area contributed by atoms with E-state index >= 15 is 0 Å². The summed E-state index contributed by atoms with van der Waals surface area (Å²) in [5, 5.41) is 0. The van der Waals surface area contributed by atoms with E-state index in [1.54, 1.807) is 7.11 Å². The summed E-state index contributed by atoms with van der Waals surface area (Å²) in [5.74, 6) is 0. The Kier molecular flexibility index (Phi) is 8.85. The minimum Gasteiger partial charge on any atom is -0.385 e. The van der Waals surface area contributed by atoms with E-state index in [9.17, 15) is 0 Å². The average Bonchev–Trinajstić information content (AvgIpc) is 1.97. The van der Waals surface area contributed by atoms with Crippen LogP contribution in [0.15, 0.2) is 0 Å². The molecule has 0 N–H and O–H groups in total. The van der Waals surface area contributed by atoms with Gasteiger partial charge in [-0.3, -0.25) is 0 Å². The summed E-state index contributed by atoms with van der Waals surface area (Å²) < 4.78 is 10.1. The van der Waals surface area contributed by atoms with Crippen LogP contribution in [0.5, 0.6) is 0 Å². The van der Waals surface area contributed by atoms with Crippen molar-refractivity contribution in [2.24, 2.45) is 0 Å². The quantitative estimate of drug-likeness (QED) is 0.507. The SMILES string of the molecule is [CH2]CCCOCCCOC. The second kappa shape index (κ2) is 8.92. The van der Waals surface area contributed by atoms with Gasteiger partial charge in [0.05, 0.1) is 0 Å². The fourth-order valence-electron chi connectivity index (χ4n) is 0.612. The highest BCUT2D eigenvalue weighted by Gasteiger charge is 1.86. The zero-order chi connectivity index (χ0) is 7.66. The summed E-state index contributed by atoms with van der Waals surface area (Å²) in [7, 11) is 1.70. The van der Waals surface area contributed by atoms with Gasteiger partial charge < -0.3 is 9.47 Å². The molecular weight excluding hydrogens is 128 g/mol. The van der Waals surface area contributed by atoms with Crippen LogP contribution in [0.3, 0.4) is 0 Å². The van der Waals surface area contributed by atoms with Gasteiger partial charge in [-0.1, -0.05) is 13.3 Å². The van der Waals surface area contributed by atoms with Crippen molar-refractivity contribution in [2.75, 3.05) is 26.9 Å². The van der Waals surface area contributed by atoms with Crippen LogP contribution in [0, 0.1) is 6.92 Å². The summed E-state index contributed by atoms with van der Waals surface area (Å²) in [4.78, 5) is 0. The fraction of sp³-hybridized carbons (Fsp3) is 0.875. The van der Waals surface area contributed by atoms with E-state index in [0.29, 0.717) is 0 Å². The molecule has 0 heterocycles. The Balaban J connectivity index is 2.65. The number of unbranched alkanes of at least 4 members (excludes halogenated alkanes) is 1. The third-order valence-electron chi connectivity index (χ3n) is 1.18. The van der Waals surface area contributed by atoms with E-state index in [-0.39, 0.29) is 0 Å². The maximum Gasteiger partial charge on any atom is 0.0487 e. The topological polar surface area (TPSA) is 18.5 Å². The first-order valence-corrected chi connectivity index (χ1v) is 3.77. The molecule has 0 saturated heterocycles. The Morgan fingerprint density at radius 1 is 1.10 bits per heavy atom. The monoisotopic (exact) mass is 145 g/mol. The summed E-state index contributed by atoms with van der Waals surface area (Å²) in [6, 6.07) is 0. The number of methoxy groups -OCH3 is 1. The van der Waals surface area contributed by atoms with E-state index in [0.717, 1.165) is 39.1 Å². The second-order valence-corrected chi connectivity index (χ2v) is 2.17. The number of hydrogen-bond acceptors (Lipinski definition) is 2. The van der Waals surface area contributed by atoms with Gasteiger partial charge in [0.2, 0.25) is 0 Å². The van der Waals surface area contributed by atoms with Gasteiger partial charge in [-0.25, -0.2) is 0 Å². The highest BCUT2D eigenvalue weighted by molar-refractivity contribution is 4.39. The second-order valence-electron chi connectivity index (χ2n) is 2.17. The van der Waals surface area contributed by atoms with Gasteiger partial charge >= 0.3 is 0 Å². The smallest absolute Gasteiger partial charge is 0.0487 e. The Bertz CT molecular complexity index is 47.2. The lowest BCUT2D eigenvalue weighted by molar-refractivity contribution is 0.102. The Hall–Kier alpha value is -0.0800. The molecule has 0 aliphatic rings. The standard InChI is InChI=1S/C8H17O2/c1-3-4-7-10-8-5-6-9-2/h1,3-8H2,2H3. The van der Waals surface area contributed by atoms with Gasteiger partial charge in [-0.2, -0.15) is 0 Å². The molecule has 61 valence electrons. The van der Waals surface area contributed by atoms with Gasteiger partial charge in [-0.15, -0.1) is 0 Å². The normalized spacial score (nSPS) is 10.2. The minimum absolute atomic E-state index is 0.796. The van der Waals surface area contributed by atoms with E-state index < -0.39 is 0 Å². The van der Waals surface area contributed by atoms with Crippen LogP contribution in [-0.2, 0) is 9.47 Å². The van der Waals surface area contributed by atoms with Crippen molar-refractivity contribution in [1.82, 2.24) is 0 Å². The molecule has 0 aromatic carbocycles. The van der Waals surface area contributed by atoms with Crippen LogP contribution < -0.4 is 0 Å².